The summed E-state index contributed by atoms with van der Waals surface area (Å²) in [6.07, 6.45) is 5.44. The van der Waals surface area contributed by atoms with Crippen LogP contribution >= 0.6 is 11.6 Å². The van der Waals surface area contributed by atoms with E-state index in [1.165, 1.54) is 0 Å². The van der Waals surface area contributed by atoms with Crippen molar-refractivity contribution in [2.75, 3.05) is 4.90 Å². The zero-order valence-corrected chi connectivity index (χ0v) is 12.8. The molecule has 0 bridgehead atoms. The normalized spacial score (nSPS) is 21.0. The summed E-state index contributed by atoms with van der Waals surface area (Å²) >= 11 is 5.94. The highest BCUT2D eigenvalue weighted by molar-refractivity contribution is 6.30. The number of anilines is 1. The Balaban J connectivity index is 1.98. The summed E-state index contributed by atoms with van der Waals surface area (Å²) in [6.45, 7) is 3.67. The summed E-state index contributed by atoms with van der Waals surface area (Å²) in [4.78, 5) is 14.4. The molecule has 1 amide bonds. The van der Waals surface area contributed by atoms with Crippen molar-refractivity contribution in [2.45, 2.75) is 6.04 Å². The minimum atomic E-state index is -0.156. The fourth-order valence-corrected chi connectivity index (χ4v) is 2.92. The third-order valence-corrected chi connectivity index (χ3v) is 4.09. The molecule has 2 aromatic rings. The summed E-state index contributed by atoms with van der Waals surface area (Å²) in [6, 6.07) is 17.4. The van der Waals surface area contributed by atoms with Gasteiger partial charge in [-0.05, 0) is 29.8 Å². The zero-order chi connectivity index (χ0) is 15.5. The summed E-state index contributed by atoms with van der Waals surface area (Å²) in [5, 5.41) is 0.663. The van der Waals surface area contributed by atoms with Crippen LogP contribution in [0.15, 0.2) is 79.4 Å². The number of carbonyl (C=O) groups is 1. The van der Waals surface area contributed by atoms with Crippen LogP contribution in [0, 0.1) is 5.92 Å². The van der Waals surface area contributed by atoms with Gasteiger partial charge in [0.2, 0.25) is 5.91 Å². The molecule has 3 heteroatoms. The van der Waals surface area contributed by atoms with Crippen LogP contribution in [0.2, 0.25) is 5.02 Å². The molecule has 1 heterocycles. The topological polar surface area (TPSA) is 20.3 Å². The third-order valence-electron chi connectivity index (χ3n) is 3.84. The second-order valence-electron chi connectivity index (χ2n) is 5.19. The third kappa shape index (κ3) is 2.58. The highest BCUT2D eigenvalue weighted by atomic mass is 35.5. The predicted molar refractivity (Wildman–Crippen MR) is 90.9 cm³/mol. The average Bonchev–Trinajstić information content (AvgIpc) is 2.55. The van der Waals surface area contributed by atoms with E-state index in [1.54, 1.807) is 18.2 Å². The van der Waals surface area contributed by atoms with Crippen LogP contribution in [-0.2, 0) is 4.79 Å². The maximum Gasteiger partial charge on any atom is 0.236 e. The molecule has 2 aromatic carbocycles. The molecule has 0 aromatic heterocycles. The number of halogens is 1. The van der Waals surface area contributed by atoms with Crippen LogP contribution in [0.1, 0.15) is 11.6 Å². The molecule has 0 N–H and O–H groups in total. The van der Waals surface area contributed by atoms with Crippen LogP contribution in [0.3, 0.4) is 0 Å². The Morgan fingerprint density at radius 3 is 2.36 bits per heavy atom. The van der Waals surface area contributed by atoms with Gasteiger partial charge >= 0.3 is 0 Å². The fraction of sp³-hybridized carbons (Fsp3) is 0.105. The van der Waals surface area contributed by atoms with Crippen molar-refractivity contribution in [3.8, 4) is 0 Å². The molecular weight excluding hydrogens is 294 g/mol. The van der Waals surface area contributed by atoms with E-state index in [0.29, 0.717) is 5.02 Å². The van der Waals surface area contributed by atoms with Gasteiger partial charge in [0.1, 0.15) is 0 Å². The first kappa shape index (κ1) is 14.6. The monoisotopic (exact) mass is 309 g/mol. The molecule has 1 fully saturated rings. The summed E-state index contributed by atoms with van der Waals surface area (Å²) in [5.41, 5.74) is 1.99. The van der Waals surface area contributed by atoms with E-state index >= 15 is 0 Å². The molecule has 110 valence electrons. The summed E-state index contributed by atoms with van der Waals surface area (Å²) < 4.78 is 0. The first-order valence-electron chi connectivity index (χ1n) is 7.15. The van der Waals surface area contributed by atoms with E-state index in [-0.39, 0.29) is 17.9 Å². The van der Waals surface area contributed by atoms with Crippen LogP contribution in [0.25, 0.3) is 0 Å². The minimum Gasteiger partial charge on any atom is -0.303 e. The van der Waals surface area contributed by atoms with Crippen molar-refractivity contribution < 1.29 is 4.79 Å². The number of carbonyl (C=O) groups excluding carboxylic acids is 1. The Morgan fingerprint density at radius 2 is 1.73 bits per heavy atom. The van der Waals surface area contributed by atoms with Crippen molar-refractivity contribution in [3.05, 3.63) is 90.0 Å². The van der Waals surface area contributed by atoms with Crippen LogP contribution < -0.4 is 4.90 Å². The summed E-state index contributed by atoms with van der Waals surface area (Å²) in [5.74, 6) is -0.0645. The lowest BCUT2D eigenvalue weighted by molar-refractivity contribution is -0.128. The molecule has 2 unspecified atom stereocenters. The number of β-lactam (4-membered cyclic amide) rings is 1. The van der Waals surface area contributed by atoms with E-state index in [2.05, 4.69) is 18.7 Å². The van der Waals surface area contributed by atoms with Crippen LogP contribution in [-0.4, -0.2) is 5.91 Å². The fourth-order valence-electron chi connectivity index (χ4n) is 2.79. The van der Waals surface area contributed by atoms with Gasteiger partial charge in [0.15, 0.2) is 0 Å². The van der Waals surface area contributed by atoms with Crippen molar-refractivity contribution in [1.29, 1.82) is 0 Å². The molecule has 0 radical (unpaired) electrons. The lowest BCUT2D eigenvalue weighted by Crippen LogP contribution is -2.54. The van der Waals surface area contributed by atoms with Gasteiger partial charge in [-0.1, -0.05) is 66.7 Å². The second kappa shape index (κ2) is 6.20. The SMILES string of the molecule is C=CC=CC1C(=O)N(c2ccc(Cl)cc2)C1c1ccccc1. The molecular formula is C19H16ClNO. The van der Waals surface area contributed by atoms with Gasteiger partial charge in [-0.15, -0.1) is 0 Å². The number of amides is 1. The maximum atomic E-state index is 12.5. The van der Waals surface area contributed by atoms with Gasteiger partial charge in [-0.2, -0.15) is 0 Å². The number of allylic oxidation sites excluding steroid dienone is 2. The van der Waals surface area contributed by atoms with Gasteiger partial charge in [0.05, 0.1) is 12.0 Å². The molecule has 3 rings (SSSR count). The largest absolute Gasteiger partial charge is 0.303 e. The molecule has 0 saturated carbocycles. The van der Waals surface area contributed by atoms with E-state index in [0.717, 1.165) is 11.3 Å². The second-order valence-corrected chi connectivity index (χ2v) is 5.62. The molecule has 2 atom stereocenters. The highest BCUT2D eigenvalue weighted by Gasteiger charge is 2.47. The first-order valence-corrected chi connectivity index (χ1v) is 7.53. The summed E-state index contributed by atoms with van der Waals surface area (Å²) in [7, 11) is 0. The molecule has 0 spiro atoms. The quantitative estimate of drug-likeness (QED) is 0.587. The van der Waals surface area contributed by atoms with E-state index < -0.39 is 0 Å². The minimum absolute atomic E-state index is 0.00563. The zero-order valence-electron chi connectivity index (χ0n) is 12.0. The highest BCUT2D eigenvalue weighted by Crippen LogP contribution is 2.44. The first-order chi connectivity index (χ1) is 10.7. The molecule has 1 aliphatic rings. The van der Waals surface area contributed by atoms with Crippen molar-refractivity contribution in [2.24, 2.45) is 5.92 Å². The lowest BCUT2D eigenvalue weighted by atomic mass is 9.81. The van der Waals surface area contributed by atoms with Gasteiger partial charge in [-0.25, -0.2) is 0 Å². The lowest BCUT2D eigenvalue weighted by Gasteiger charge is -2.46. The molecule has 1 aliphatic heterocycles. The van der Waals surface area contributed by atoms with E-state index in [4.69, 9.17) is 11.6 Å². The number of nitrogens with zero attached hydrogens (tertiary/aromatic N) is 1. The number of hydrogen-bond acceptors (Lipinski definition) is 1. The number of hydrogen-bond donors (Lipinski definition) is 0. The van der Waals surface area contributed by atoms with Crippen LogP contribution in [0.5, 0.6) is 0 Å². The van der Waals surface area contributed by atoms with Crippen LogP contribution in [0.4, 0.5) is 5.69 Å². The van der Waals surface area contributed by atoms with Crippen molar-refractivity contribution >= 4 is 23.2 Å². The van der Waals surface area contributed by atoms with Gasteiger partial charge < -0.3 is 4.90 Å². The number of rotatable bonds is 4. The van der Waals surface area contributed by atoms with E-state index in [9.17, 15) is 4.79 Å². The molecule has 2 nitrogen and oxygen atoms in total. The van der Waals surface area contributed by atoms with Gasteiger partial charge in [0, 0.05) is 10.7 Å². The Hall–Kier alpha value is -2.32. The van der Waals surface area contributed by atoms with Gasteiger partial charge in [-0.3, -0.25) is 4.79 Å². The Morgan fingerprint density at radius 1 is 1.05 bits per heavy atom. The van der Waals surface area contributed by atoms with Gasteiger partial charge in [0.25, 0.3) is 0 Å². The maximum absolute atomic E-state index is 12.5. The number of benzene rings is 2. The smallest absolute Gasteiger partial charge is 0.236 e. The predicted octanol–water partition coefficient (Wildman–Crippen LogP) is 4.79. The standard InChI is InChI=1S/C19H16ClNO/c1-2-3-9-17-18(14-7-5-4-6-8-14)21(19(17)22)16-12-10-15(20)11-13-16/h2-13,17-18H,1H2. The van der Waals surface area contributed by atoms with Crippen molar-refractivity contribution in [1.82, 2.24) is 0 Å². The Kier molecular flexibility index (Phi) is 4.12. The van der Waals surface area contributed by atoms with E-state index in [1.807, 2.05) is 47.4 Å². The Bertz CT molecular complexity index is 706. The van der Waals surface area contributed by atoms with Crippen molar-refractivity contribution in [3.63, 3.8) is 0 Å². The molecule has 22 heavy (non-hydrogen) atoms. The Labute approximate surface area is 135 Å². The average molecular weight is 310 g/mol. The molecule has 1 saturated heterocycles. The molecule has 0 aliphatic carbocycles.